The summed E-state index contributed by atoms with van der Waals surface area (Å²) < 4.78 is 14.0. The minimum absolute atomic E-state index is 0.248. The average Bonchev–Trinajstić information content (AvgIpc) is 2.34. The molecule has 1 saturated carbocycles. The van der Waals surface area contributed by atoms with Gasteiger partial charge in [-0.05, 0) is 52.7 Å². The highest BCUT2D eigenvalue weighted by molar-refractivity contribution is 9.10. The molecule has 106 valence electrons. The lowest BCUT2D eigenvalue weighted by molar-refractivity contribution is 0.0911. The molecule has 1 aromatic rings. The molecule has 1 aliphatic carbocycles. The molecule has 1 N–H and O–H groups in total. The van der Waals surface area contributed by atoms with Gasteiger partial charge in [0, 0.05) is 0 Å². The van der Waals surface area contributed by atoms with E-state index in [2.05, 4.69) is 15.9 Å². The van der Waals surface area contributed by atoms with Crippen LogP contribution in [0.2, 0.25) is 0 Å². The van der Waals surface area contributed by atoms with Crippen molar-refractivity contribution in [1.82, 2.24) is 0 Å². The lowest BCUT2D eigenvalue weighted by Gasteiger charge is -2.25. The van der Waals surface area contributed by atoms with Gasteiger partial charge in [-0.25, -0.2) is 4.39 Å². The zero-order valence-corrected chi connectivity index (χ0v) is 12.8. The first-order valence-electron chi connectivity index (χ1n) is 7.29. The highest BCUT2D eigenvalue weighted by Crippen LogP contribution is 2.28. The van der Waals surface area contributed by atoms with E-state index >= 15 is 0 Å². The van der Waals surface area contributed by atoms with E-state index in [1.165, 1.54) is 38.2 Å². The zero-order chi connectivity index (χ0) is 13.7. The van der Waals surface area contributed by atoms with Crippen molar-refractivity contribution >= 4 is 15.9 Å². The number of hydrogen-bond donors (Lipinski definition) is 1. The number of rotatable bonds is 3. The van der Waals surface area contributed by atoms with Crippen molar-refractivity contribution < 1.29 is 9.50 Å². The van der Waals surface area contributed by atoms with Crippen LogP contribution in [0.3, 0.4) is 0 Å². The first kappa shape index (κ1) is 15.0. The quantitative estimate of drug-likeness (QED) is 0.840. The highest BCUT2D eigenvalue weighted by Gasteiger charge is 2.21. The molecule has 1 aliphatic rings. The topological polar surface area (TPSA) is 20.2 Å². The fraction of sp³-hybridized carbons (Fsp3) is 0.625. The summed E-state index contributed by atoms with van der Waals surface area (Å²) in [7, 11) is 0. The van der Waals surface area contributed by atoms with Gasteiger partial charge in [0.15, 0.2) is 0 Å². The van der Waals surface area contributed by atoms with Crippen LogP contribution in [0.4, 0.5) is 4.39 Å². The second-order valence-corrected chi connectivity index (χ2v) is 6.38. The third-order valence-electron chi connectivity index (χ3n) is 4.15. The Hall–Kier alpha value is -0.410. The molecule has 0 aromatic heterocycles. The third-order valence-corrected chi connectivity index (χ3v) is 5.04. The van der Waals surface area contributed by atoms with Crippen LogP contribution in [0.25, 0.3) is 0 Å². The molecule has 1 atom stereocenters. The van der Waals surface area contributed by atoms with Gasteiger partial charge >= 0.3 is 0 Å². The third kappa shape index (κ3) is 4.28. The van der Waals surface area contributed by atoms with E-state index in [4.69, 9.17) is 0 Å². The van der Waals surface area contributed by atoms with Gasteiger partial charge in [-0.15, -0.1) is 0 Å². The lowest BCUT2D eigenvalue weighted by Crippen LogP contribution is -2.24. The fourth-order valence-corrected chi connectivity index (χ4v) is 3.40. The summed E-state index contributed by atoms with van der Waals surface area (Å²) >= 11 is 3.27. The van der Waals surface area contributed by atoms with Crippen molar-refractivity contribution in [2.75, 3.05) is 0 Å². The SMILES string of the molecule is OC(Cc1cccc(F)c1Br)C1CCCCCCC1. The van der Waals surface area contributed by atoms with Crippen LogP contribution in [0.1, 0.15) is 50.5 Å². The summed E-state index contributed by atoms with van der Waals surface area (Å²) in [5.41, 5.74) is 0.870. The normalized spacial score (nSPS) is 19.7. The molecular weight excluding hydrogens is 307 g/mol. The average molecular weight is 329 g/mol. The van der Waals surface area contributed by atoms with Crippen LogP contribution in [0, 0.1) is 11.7 Å². The first-order chi connectivity index (χ1) is 9.18. The van der Waals surface area contributed by atoms with E-state index in [-0.39, 0.29) is 11.9 Å². The molecule has 0 aliphatic heterocycles. The van der Waals surface area contributed by atoms with Crippen LogP contribution in [-0.2, 0) is 6.42 Å². The minimum Gasteiger partial charge on any atom is -0.392 e. The monoisotopic (exact) mass is 328 g/mol. The summed E-state index contributed by atoms with van der Waals surface area (Å²) in [4.78, 5) is 0. The number of halogens is 2. The van der Waals surface area contributed by atoms with Crippen LogP contribution < -0.4 is 0 Å². The smallest absolute Gasteiger partial charge is 0.137 e. The molecule has 2 rings (SSSR count). The standard InChI is InChI=1S/C16H22BrFO/c17-16-13(9-6-10-14(16)18)11-15(19)12-7-4-2-1-3-5-8-12/h6,9-10,12,15,19H,1-5,7-8,11H2. The Kier molecular flexibility index (Phi) is 5.83. The van der Waals surface area contributed by atoms with Gasteiger partial charge in [-0.2, -0.15) is 0 Å². The predicted molar refractivity (Wildman–Crippen MR) is 79.6 cm³/mol. The maximum absolute atomic E-state index is 13.5. The molecule has 1 fully saturated rings. The Morgan fingerprint density at radius 3 is 2.47 bits per heavy atom. The van der Waals surface area contributed by atoms with E-state index in [1.54, 1.807) is 6.07 Å². The second kappa shape index (κ2) is 7.39. The van der Waals surface area contributed by atoms with Crippen LogP contribution in [-0.4, -0.2) is 11.2 Å². The van der Waals surface area contributed by atoms with Crippen LogP contribution in [0.5, 0.6) is 0 Å². The van der Waals surface area contributed by atoms with Gasteiger partial charge in [-0.3, -0.25) is 0 Å². The van der Waals surface area contributed by atoms with Crippen molar-refractivity contribution in [2.24, 2.45) is 5.92 Å². The molecule has 19 heavy (non-hydrogen) atoms. The van der Waals surface area contributed by atoms with Crippen molar-refractivity contribution in [1.29, 1.82) is 0 Å². The molecular formula is C16H22BrFO. The Morgan fingerprint density at radius 2 is 1.79 bits per heavy atom. The molecule has 1 nitrogen and oxygen atoms in total. The van der Waals surface area contributed by atoms with Gasteiger partial charge in [-0.1, -0.05) is 44.2 Å². The summed E-state index contributed by atoms with van der Waals surface area (Å²) in [5, 5.41) is 10.4. The molecule has 0 bridgehead atoms. The number of aliphatic hydroxyl groups is 1. The lowest BCUT2D eigenvalue weighted by atomic mass is 9.85. The highest BCUT2D eigenvalue weighted by atomic mass is 79.9. The zero-order valence-electron chi connectivity index (χ0n) is 11.2. The number of aliphatic hydroxyl groups excluding tert-OH is 1. The Balaban J connectivity index is 1.98. The maximum Gasteiger partial charge on any atom is 0.137 e. The largest absolute Gasteiger partial charge is 0.392 e. The van der Waals surface area contributed by atoms with Gasteiger partial charge < -0.3 is 5.11 Å². The van der Waals surface area contributed by atoms with E-state index in [1.807, 2.05) is 6.07 Å². The molecule has 3 heteroatoms. The molecule has 0 radical (unpaired) electrons. The molecule has 0 amide bonds. The van der Waals surface area contributed by atoms with E-state index in [9.17, 15) is 9.50 Å². The molecule has 1 unspecified atom stereocenters. The van der Waals surface area contributed by atoms with Gasteiger partial charge in [0.1, 0.15) is 5.82 Å². The summed E-state index contributed by atoms with van der Waals surface area (Å²) in [6.45, 7) is 0. The van der Waals surface area contributed by atoms with Gasteiger partial charge in [0.25, 0.3) is 0 Å². The van der Waals surface area contributed by atoms with Crippen LogP contribution in [0.15, 0.2) is 22.7 Å². The Bertz CT molecular complexity index is 400. The predicted octanol–water partition coefficient (Wildman–Crippen LogP) is 4.85. The van der Waals surface area contributed by atoms with Gasteiger partial charge in [0.2, 0.25) is 0 Å². The first-order valence-corrected chi connectivity index (χ1v) is 8.08. The van der Waals surface area contributed by atoms with Crippen LogP contribution >= 0.6 is 15.9 Å². The van der Waals surface area contributed by atoms with Gasteiger partial charge in [0.05, 0.1) is 10.6 Å². The maximum atomic E-state index is 13.5. The summed E-state index contributed by atoms with van der Waals surface area (Å²) in [6.07, 6.45) is 8.73. The van der Waals surface area contributed by atoms with Crippen molar-refractivity contribution in [3.8, 4) is 0 Å². The second-order valence-electron chi connectivity index (χ2n) is 5.59. The van der Waals surface area contributed by atoms with E-state index in [0.717, 1.165) is 18.4 Å². The van der Waals surface area contributed by atoms with E-state index in [0.29, 0.717) is 16.8 Å². The summed E-state index contributed by atoms with van der Waals surface area (Å²) in [6, 6.07) is 5.04. The molecule has 0 heterocycles. The fourth-order valence-electron chi connectivity index (χ4n) is 2.97. The molecule has 0 saturated heterocycles. The Labute approximate surface area is 123 Å². The summed E-state index contributed by atoms with van der Waals surface area (Å²) in [5.74, 6) is 0.123. The molecule has 0 spiro atoms. The van der Waals surface area contributed by atoms with E-state index < -0.39 is 0 Å². The van der Waals surface area contributed by atoms with Crippen molar-refractivity contribution in [3.05, 3.63) is 34.1 Å². The minimum atomic E-state index is -0.351. The van der Waals surface area contributed by atoms with Crippen molar-refractivity contribution in [2.45, 2.75) is 57.5 Å². The number of benzene rings is 1. The molecule has 1 aromatic carbocycles. The van der Waals surface area contributed by atoms with Crippen molar-refractivity contribution in [3.63, 3.8) is 0 Å². The Morgan fingerprint density at radius 1 is 1.16 bits per heavy atom. The number of hydrogen-bond acceptors (Lipinski definition) is 1.